The number of aromatic nitrogens is 1. The van der Waals surface area contributed by atoms with Gasteiger partial charge in [-0.05, 0) is 25.3 Å². The summed E-state index contributed by atoms with van der Waals surface area (Å²) in [5.74, 6) is 0.531. The Morgan fingerprint density at radius 2 is 2.35 bits per heavy atom. The molecule has 2 rings (SSSR count). The molecule has 2 N–H and O–H groups in total. The molecule has 1 saturated carbocycles. The van der Waals surface area contributed by atoms with E-state index in [0.29, 0.717) is 23.4 Å². The number of rotatable bonds is 3. The van der Waals surface area contributed by atoms with E-state index in [-0.39, 0.29) is 5.91 Å². The molecule has 0 radical (unpaired) electrons. The van der Waals surface area contributed by atoms with Crippen molar-refractivity contribution in [3.8, 4) is 0 Å². The lowest BCUT2D eigenvalue weighted by Gasteiger charge is -2.37. The van der Waals surface area contributed by atoms with E-state index in [2.05, 4.69) is 4.98 Å². The van der Waals surface area contributed by atoms with E-state index in [4.69, 9.17) is 5.73 Å². The van der Waals surface area contributed by atoms with Crippen molar-refractivity contribution in [2.24, 2.45) is 11.7 Å². The van der Waals surface area contributed by atoms with Gasteiger partial charge in [0.05, 0.1) is 11.7 Å². The zero-order chi connectivity index (χ0) is 12.3. The predicted octanol–water partition coefficient (Wildman–Crippen LogP) is 1.73. The lowest BCUT2D eigenvalue weighted by Crippen LogP contribution is -2.45. The highest BCUT2D eigenvalue weighted by molar-refractivity contribution is 7.11. The highest BCUT2D eigenvalue weighted by Gasteiger charge is 2.30. The minimum Gasteiger partial charge on any atom is -0.338 e. The van der Waals surface area contributed by atoms with Crippen molar-refractivity contribution in [2.75, 3.05) is 13.6 Å². The summed E-state index contributed by atoms with van der Waals surface area (Å²) in [5, 5.41) is 0. The van der Waals surface area contributed by atoms with E-state index in [1.165, 1.54) is 24.2 Å². The fourth-order valence-electron chi connectivity index (χ4n) is 2.62. The first-order chi connectivity index (χ1) is 8.24. The van der Waals surface area contributed by atoms with Crippen molar-refractivity contribution in [1.82, 2.24) is 9.88 Å². The number of nitrogens with zero attached hydrogens (tertiary/aromatic N) is 2. The van der Waals surface area contributed by atoms with Gasteiger partial charge in [-0.3, -0.25) is 9.78 Å². The molecule has 0 aliphatic heterocycles. The smallest absolute Gasteiger partial charge is 0.265 e. The quantitative estimate of drug-likeness (QED) is 0.892. The first-order valence-electron chi connectivity index (χ1n) is 6.09. The SMILES string of the molecule is CN(C(=O)c1cncs1)C1CCCCC1CN. The summed E-state index contributed by atoms with van der Waals surface area (Å²) < 4.78 is 0. The average molecular weight is 253 g/mol. The molecule has 1 aromatic rings. The highest BCUT2D eigenvalue weighted by Crippen LogP contribution is 2.28. The molecule has 0 aromatic carbocycles. The molecule has 1 aromatic heterocycles. The van der Waals surface area contributed by atoms with Crippen LogP contribution in [0.5, 0.6) is 0 Å². The third-order valence-corrected chi connectivity index (χ3v) is 4.39. The normalized spacial score (nSPS) is 24.6. The number of nitrogens with two attached hydrogens (primary N) is 1. The van der Waals surface area contributed by atoms with Gasteiger partial charge < -0.3 is 10.6 Å². The van der Waals surface area contributed by atoms with Gasteiger partial charge in [-0.2, -0.15) is 0 Å². The van der Waals surface area contributed by atoms with Gasteiger partial charge in [0.15, 0.2) is 0 Å². The van der Waals surface area contributed by atoms with E-state index in [9.17, 15) is 4.79 Å². The van der Waals surface area contributed by atoms with Gasteiger partial charge >= 0.3 is 0 Å². The Morgan fingerprint density at radius 3 is 3.00 bits per heavy atom. The van der Waals surface area contributed by atoms with Gasteiger partial charge in [0, 0.05) is 13.1 Å². The molecule has 1 aliphatic rings. The third-order valence-electron chi connectivity index (χ3n) is 3.63. The van der Waals surface area contributed by atoms with Crippen molar-refractivity contribution >= 4 is 17.2 Å². The van der Waals surface area contributed by atoms with Crippen LogP contribution in [0.15, 0.2) is 11.7 Å². The van der Waals surface area contributed by atoms with Crippen LogP contribution in [0.4, 0.5) is 0 Å². The van der Waals surface area contributed by atoms with Crippen LogP contribution in [0.2, 0.25) is 0 Å². The monoisotopic (exact) mass is 253 g/mol. The standard InChI is InChI=1S/C12H19N3OS/c1-15(12(16)11-7-14-8-17-11)10-5-3-2-4-9(10)6-13/h7-10H,2-6,13H2,1H3. The largest absolute Gasteiger partial charge is 0.338 e. The van der Waals surface area contributed by atoms with E-state index >= 15 is 0 Å². The van der Waals surface area contributed by atoms with E-state index in [1.807, 2.05) is 11.9 Å². The number of thiazole rings is 1. The number of amides is 1. The van der Waals surface area contributed by atoms with E-state index in [1.54, 1.807) is 11.7 Å². The number of carbonyl (C=O) groups excluding carboxylic acids is 1. The Kier molecular flexibility index (Phi) is 4.12. The van der Waals surface area contributed by atoms with Crippen LogP contribution in [0, 0.1) is 5.92 Å². The number of hydrogen-bond acceptors (Lipinski definition) is 4. The maximum absolute atomic E-state index is 12.2. The summed E-state index contributed by atoms with van der Waals surface area (Å²) in [4.78, 5) is 18.8. The van der Waals surface area contributed by atoms with Crippen LogP contribution >= 0.6 is 11.3 Å². The van der Waals surface area contributed by atoms with Crippen molar-refractivity contribution in [2.45, 2.75) is 31.7 Å². The van der Waals surface area contributed by atoms with Gasteiger partial charge in [0.1, 0.15) is 4.88 Å². The maximum atomic E-state index is 12.2. The number of hydrogen-bond donors (Lipinski definition) is 1. The van der Waals surface area contributed by atoms with Gasteiger partial charge in [-0.1, -0.05) is 12.8 Å². The molecule has 2 unspecified atom stereocenters. The summed E-state index contributed by atoms with van der Waals surface area (Å²) in [7, 11) is 1.89. The lowest BCUT2D eigenvalue weighted by atomic mass is 9.83. The molecule has 17 heavy (non-hydrogen) atoms. The Labute approximate surface area is 106 Å². The molecule has 94 valence electrons. The second-order valence-electron chi connectivity index (χ2n) is 4.63. The van der Waals surface area contributed by atoms with Crippen LogP contribution in [-0.4, -0.2) is 35.4 Å². The molecule has 1 amide bonds. The third kappa shape index (κ3) is 2.66. The lowest BCUT2D eigenvalue weighted by molar-refractivity contribution is 0.0625. The minimum atomic E-state index is 0.0813. The van der Waals surface area contributed by atoms with Crippen LogP contribution < -0.4 is 5.73 Å². The Hall–Kier alpha value is -0.940. The molecule has 4 nitrogen and oxygen atoms in total. The fraction of sp³-hybridized carbons (Fsp3) is 0.667. The first-order valence-corrected chi connectivity index (χ1v) is 6.97. The van der Waals surface area contributed by atoms with Crippen molar-refractivity contribution in [3.63, 3.8) is 0 Å². The number of carbonyl (C=O) groups is 1. The van der Waals surface area contributed by atoms with Crippen molar-refractivity contribution in [1.29, 1.82) is 0 Å². The molecular formula is C12H19N3OS. The molecule has 5 heteroatoms. The molecule has 0 saturated heterocycles. The Balaban J connectivity index is 2.07. The molecule has 2 atom stereocenters. The van der Waals surface area contributed by atoms with Crippen LogP contribution in [0.3, 0.4) is 0 Å². The molecule has 0 spiro atoms. The minimum absolute atomic E-state index is 0.0813. The molecule has 1 heterocycles. The summed E-state index contributed by atoms with van der Waals surface area (Å²) in [6.07, 6.45) is 6.29. The van der Waals surface area contributed by atoms with Crippen LogP contribution in [0.1, 0.15) is 35.4 Å². The summed E-state index contributed by atoms with van der Waals surface area (Å²) in [6.45, 7) is 0.672. The Morgan fingerprint density at radius 1 is 1.59 bits per heavy atom. The zero-order valence-corrected chi connectivity index (χ0v) is 10.9. The van der Waals surface area contributed by atoms with Crippen LogP contribution in [-0.2, 0) is 0 Å². The summed E-state index contributed by atoms with van der Waals surface area (Å²) >= 11 is 1.40. The fourth-order valence-corrected chi connectivity index (χ4v) is 3.22. The first kappa shape index (κ1) is 12.5. The van der Waals surface area contributed by atoms with Gasteiger partial charge in [0.2, 0.25) is 0 Å². The second-order valence-corrected chi connectivity index (χ2v) is 5.52. The molecule has 1 fully saturated rings. The van der Waals surface area contributed by atoms with Gasteiger partial charge in [-0.25, -0.2) is 0 Å². The van der Waals surface area contributed by atoms with Gasteiger partial charge in [0.25, 0.3) is 5.91 Å². The van der Waals surface area contributed by atoms with Crippen molar-refractivity contribution < 1.29 is 4.79 Å². The summed E-state index contributed by atoms with van der Waals surface area (Å²) in [6, 6.07) is 0.295. The molecular weight excluding hydrogens is 234 g/mol. The summed E-state index contributed by atoms with van der Waals surface area (Å²) in [5.41, 5.74) is 7.50. The highest BCUT2D eigenvalue weighted by atomic mass is 32.1. The van der Waals surface area contributed by atoms with E-state index < -0.39 is 0 Å². The van der Waals surface area contributed by atoms with Crippen LogP contribution in [0.25, 0.3) is 0 Å². The van der Waals surface area contributed by atoms with Crippen molar-refractivity contribution in [3.05, 3.63) is 16.6 Å². The molecule has 1 aliphatic carbocycles. The Bertz CT molecular complexity index is 366. The predicted molar refractivity (Wildman–Crippen MR) is 69.0 cm³/mol. The average Bonchev–Trinajstić information content (AvgIpc) is 2.90. The molecule has 0 bridgehead atoms. The zero-order valence-electron chi connectivity index (χ0n) is 10.1. The topological polar surface area (TPSA) is 59.2 Å². The van der Waals surface area contributed by atoms with Gasteiger partial charge in [-0.15, -0.1) is 11.3 Å². The maximum Gasteiger partial charge on any atom is 0.265 e. The van der Waals surface area contributed by atoms with E-state index in [0.717, 1.165) is 12.8 Å². The second kappa shape index (κ2) is 5.60.